The summed E-state index contributed by atoms with van der Waals surface area (Å²) in [5, 5.41) is 3.94. The lowest BCUT2D eigenvalue weighted by Gasteiger charge is -2.36. The summed E-state index contributed by atoms with van der Waals surface area (Å²) < 4.78 is 7.72. The largest absolute Gasteiger partial charge is 0.496 e. The van der Waals surface area contributed by atoms with Gasteiger partial charge in [0.2, 0.25) is 0 Å². The Kier molecular flexibility index (Phi) is 6.20. The minimum Gasteiger partial charge on any atom is -0.496 e. The first-order valence-electron chi connectivity index (χ1n) is 13.2. The number of amides is 2. The number of aryl methyl sites for hydroxylation is 2. The van der Waals surface area contributed by atoms with Gasteiger partial charge in [0, 0.05) is 27.3 Å². The van der Waals surface area contributed by atoms with Crippen molar-refractivity contribution in [1.29, 1.82) is 0 Å². The highest BCUT2D eigenvalue weighted by Gasteiger charge is 2.64. The van der Waals surface area contributed by atoms with E-state index in [1.165, 1.54) is 0 Å². The fourth-order valence-corrected chi connectivity index (χ4v) is 6.31. The van der Waals surface area contributed by atoms with Crippen LogP contribution in [0.25, 0.3) is 11.4 Å². The topological polar surface area (TPSA) is 76.5 Å². The normalized spacial score (nSPS) is 17.6. The van der Waals surface area contributed by atoms with Crippen molar-refractivity contribution in [2.75, 3.05) is 17.3 Å². The molecule has 0 aliphatic carbocycles. The first-order valence-corrected chi connectivity index (χ1v) is 13.9. The highest BCUT2D eigenvalue weighted by Crippen LogP contribution is 2.55. The zero-order valence-electron chi connectivity index (χ0n) is 22.8. The number of halogens is 2. The number of ether oxygens (including phenoxy) is 1. The van der Waals surface area contributed by atoms with E-state index >= 15 is 0 Å². The summed E-state index contributed by atoms with van der Waals surface area (Å²) in [4.78, 5) is 35.4. The maximum atomic E-state index is 14.5. The maximum absolute atomic E-state index is 14.5. The van der Waals surface area contributed by atoms with Crippen LogP contribution in [0.4, 0.5) is 11.4 Å². The van der Waals surface area contributed by atoms with E-state index in [1.54, 1.807) is 42.3 Å². The molecule has 9 heteroatoms. The van der Waals surface area contributed by atoms with Gasteiger partial charge < -0.3 is 14.6 Å². The second kappa shape index (κ2) is 9.39. The van der Waals surface area contributed by atoms with Gasteiger partial charge >= 0.3 is 0 Å². The molecule has 2 aliphatic heterocycles. The van der Waals surface area contributed by atoms with Crippen LogP contribution in [0.1, 0.15) is 59.7 Å². The highest BCUT2D eigenvalue weighted by atomic mass is 35.5. The lowest BCUT2D eigenvalue weighted by molar-refractivity contribution is -0.119. The lowest BCUT2D eigenvalue weighted by atomic mass is 9.86. The molecule has 7 nitrogen and oxygen atoms in total. The van der Waals surface area contributed by atoms with Crippen LogP contribution in [0, 0.1) is 6.92 Å². The number of carbonyl (C=O) groups excluding carboxylic acids is 2. The number of nitrogens with one attached hydrogen (secondary N) is 1. The molecule has 0 bridgehead atoms. The van der Waals surface area contributed by atoms with E-state index in [9.17, 15) is 9.59 Å². The maximum Gasteiger partial charge on any atom is 0.280 e. The third-order valence-corrected chi connectivity index (χ3v) is 8.25. The molecular formula is C31H28Cl2N4O3. The molecule has 3 heterocycles. The molecule has 0 unspecified atom stereocenters. The number of anilines is 2. The SMILES string of the molecule is CCc1ccc(OC)c(-c2nc3c(n2C(C)C)[C@]2(C(=O)Nc4cc(Cl)ccc42)N(c2cc(Cl)ccc2C)C3=O)c1. The molecule has 0 radical (unpaired) electrons. The van der Waals surface area contributed by atoms with Crippen LogP contribution < -0.4 is 15.0 Å². The zero-order chi connectivity index (χ0) is 28.5. The number of methoxy groups -OCH3 is 1. The highest BCUT2D eigenvalue weighted by molar-refractivity contribution is 6.32. The second-order valence-corrected chi connectivity index (χ2v) is 11.3. The molecule has 1 aromatic heterocycles. The van der Waals surface area contributed by atoms with Gasteiger partial charge in [-0.3, -0.25) is 14.5 Å². The molecule has 1 spiro atoms. The number of nitrogens with zero attached hydrogens (tertiary/aromatic N) is 3. The molecular weight excluding hydrogens is 547 g/mol. The van der Waals surface area contributed by atoms with Gasteiger partial charge in [-0.2, -0.15) is 0 Å². The van der Waals surface area contributed by atoms with Crippen LogP contribution in [0.2, 0.25) is 10.0 Å². The predicted molar refractivity (Wildman–Crippen MR) is 158 cm³/mol. The smallest absolute Gasteiger partial charge is 0.280 e. The van der Waals surface area contributed by atoms with Crippen LogP contribution in [0.3, 0.4) is 0 Å². The number of fused-ring (bicyclic) bond motifs is 4. The van der Waals surface area contributed by atoms with E-state index in [0.717, 1.165) is 23.1 Å². The molecule has 204 valence electrons. The fraction of sp³-hybridized carbons (Fsp3) is 0.258. The van der Waals surface area contributed by atoms with E-state index in [0.29, 0.717) is 44.3 Å². The van der Waals surface area contributed by atoms with Gasteiger partial charge in [0.25, 0.3) is 11.8 Å². The van der Waals surface area contributed by atoms with Crippen LogP contribution in [0.5, 0.6) is 5.75 Å². The third-order valence-electron chi connectivity index (χ3n) is 7.78. The van der Waals surface area contributed by atoms with Crippen LogP contribution in [-0.4, -0.2) is 28.5 Å². The summed E-state index contributed by atoms with van der Waals surface area (Å²) in [7, 11) is 1.61. The van der Waals surface area contributed by atoms with E-state index in [1.807, 2.05) is 49.6 Å². The Labute approximate surface area is 242 Å². The lowest BCUT2D eigenvalue weighted by Crippen LogP contribution is -2.51. The molecule has 0 fully saturated rings. The van der Waals surface area contributed by atoms with Crippen LogP contribution in [0.15, 0.2) is 54.6 Å². The number of hydrogen-bond acceptors (Lipinski definition) is 4. The number of carbonyl (C=O) groups is 2. The van der Waals surface area contributed by atoms with E-state index in [2.05, 4.69) is 12.2 Å². The Bertz CT molecular complexity index is 1730. The molecule has 0 saturated carbocycles. The van der Waals surface area contributed by atoms with Gasteiger partial charge in [0.05, 0.1) is 24.1 Å². The summed E-state index contributed by atoms with van der Waals surface area (Å²) in [6, 6.07) is 16.4. The minimum absolute atomic E-state index is 0.157. The van der Waals surface area contributed by atoms with Crippen LogP contribution >= 0.6 is 23.2 Å². The number of imidazole rings is 1. The molecule has 3 aromatic carbocycles. The van der Waals surface area contributed by atoms with Crippen molar-refractivity contribution in [1.82, 2.24) is 9.55 Å². The number of rotatable bonds is 5. The van der Waals surface area contributed by atoms with Crippen molar-refractivity contribution in [2.45, 2.75) is 45.7 Å². The molecule has 2 amide bonds. The predicted octanol–water partition coefficient (Wildman–Crippen LogP) is 7.17. The standard InChI is InChI=1S/C31H28Cl2N4O3/c1-6-18-8-12-25(40-5)21(13-18)28-35-26-27(36(28)16(2)3)31(22-11-10-19(32)14-23(22)34-30(31)39)37(29(26)38)24-15-20(33)9-7-17(24)4/h7-16H,6H2,1-5H3,(H,34,39)/t31-/m1/s1. The Morgan fingerprint density at radius 3 is 2.45 bits per heavy atom. The van der Waals surface area contributed by atoms with E-state index in [-0.39, 0.29) is 23.6 Å². The fourth-order valence-electron chi connectivity index (χ4n) is 5.98. The van der Waals surface area contributed by atoms with Crippen molar-refractivity contribution in [3.63, 3.8) is 0 Å². The summed E-state index contributed by atoms with van der Waals surface area (Å²) in [5.41, 5.74) is 3.55. The molecule has 4 aromatic rings. The quantitative estimate of drug-likeness (QED) is 0.274. The molecule has 6 rings (SSSR count). The van der Waals surface area contributed by atoms with Gasteiger partial charge in [0.15, 0.2) is 11.2 Å². The van der Waals surface area contributed by atoms with E-state index < -0.39 is 5.54 Å². The van der Waals surface area contributed by atoms with Gasteiger partial charge in [-0.05, 0) is 74.7 Å². The van der Waals surface area contributed by atoms with Crippen molar-refractivity contribution in [2.24, 2.45) is 0 Å². The Morgan fingerprint density at radius 1 is 1.02 bits per heavy atom. The van der Waals surface area contributed by atoms with Crippen molar-refractivity contribution >= 4 is 46.4 Å². The zero-order valence-corrected chi connectivity index (χ0v) is 24.3. The van der Waals surface area contributed by atoms with Gasteiger partial charge in [-0.25, -0.2) is 4.98 Å². The number of benzene rings is 3. The molecule has 0 saturated heterocycles. The molecule has 1 N–H and O–H groups in total. The molecule has 2 aliphatic rings. The van der Waals surface area contributed by atoms with Gasteiger partial charge in [-0.15, -0.1) is 0 Å². The van der Waals surface area contributed by atoms with Crippen molar-refractivity contribution in [3.05, 3.63) is 92.7 Å². The summed E-state index contributed by atoms with van der Waals surface area (Å²) in [5.74, 6) is 0.455. The summed E-state index contributed by atoms with van der Waals surface area (Å²) >= 11 is 12.8. The van der Waals surface area contributed by atoms with Gasteiger partial charge in [0.1, 0.15) is 11.6 Å². The average molecular weight is 575 g/mol. The average Bonchev–Trinajstić information content (AvgIpc) is 3.53. The van der Waals surface area contributed by atoms with Gasteiger partial charge in [-0.1, -0.05) is 48.3 Å². The van der Waals surface area contributed by atoms with Crippen molar-refractivity contribution in [3.8, 4) is 17.1 Å². The van der Waals surface area contributed by atoms with E-state index in [4.69, 9.17) is 32.9 Å². The molecule has 40 heavy (non-hydrogen) atoms. The Morgan fingerprint density at radius 2 is 1.75 bits per heavy atom. The minimum atomic E-state index is -1.53. The summed E-state index contributed by atoms with van der Waals surface area (Å²) in [6.45, 7) is 8.00. The first-order chi connectivity index (χ1) is 19.1. The monoisotopic (exact) mass is 574 g/mol. The Balaban J connectivity index is 1.74. The van der Waals surface area contributed by atoms with Crippen molar-refractivity contribution < 1.29 is 14.3 Å². The number of aromatic nitrogens is 2. The first kappa shape index (κ1) is 26.4. The second-order valence-electron chi connectivity index (χ2n) is 10.4. The van der Waals surface area contributed by atoms with Crippen LogP contribution in [-0.2, 0) is 16.8 Å². The third kappa shape index (κ3) is 3.54. The summed E-state index contributed by atoms with van der Waals surface area (Å²) in [6.07, 6.45) is 0.820. The molecule has 1 atom stereocenters. The Hall–Kier alpha value is -3.81. The number of hydrogen-bond donors (Lipinski definition) is 1.